The number of nitrogens with one attached hydrogen (secondary N) is 2. The molecule has 0 unspecified atom stereocenters. The number of amides is 2. The minimum Gasteiger partial charge on any atom is -0.445 e. The molecule has 32 heavy (non-hydrogen) atoms. The van der Waals surface area contributed by atoms with Gasteiger partial charge in [0.15, 0.2) is 0 Å². The van der Waals surface area contributed by atoms with Gasteiger partial charge in [0.2, 0.25) is 0 Å². The van der Waals surface area contributed by atoms with Crippen molar-refractivity contribution in [2.45, 2.75) is 32.7 Å². The summed E-state index contributed by atoms with van der Waals surface area (Å²) >= 11 is 1.02. The monoisotopic (exact) mass is 463 g/mol. The van der Waals surface area contributed by atoms with Gasteiger partial charge in [0.1, 0.15) is 16.5 Å². The molecule has 10 heteroatoms. The first-order valence-corrected chi connectivity index (χ1v) is 10.4. The molecule has 2 amide bonds. The molecule has 0 fully saturated rings. The van der Waals surface area contributed by atoms with E-state index in [9.17, 15) is 22.8 Å². The number of carbonyl (C=O) groups excluding carboxylic acids is 2. The highest BCUT2D eigenvalue weighted by Gasteiger charge is 2.32. The third-order valence-corrected chi connectivity index (χ3v) is 5.64. The average molecular weight is 463 g/mol. The van der Waals surface area contributed by atoms with Crippen LogP contribution in [0.4, 0.5) is 23.7 Å². The maximum atomic E-state index is 13.1. The first kappa shape index (κ1) is 23.3. The summed E-state index contributed by atoms with van der Waals surface area (Å²) in [6.45, 7) is 3.14. The second-order valence-corrected chi connectivity index (χ2v) is 8.03. The lowest BCUT2D eigenvalue weighted by Gasteiger charge is -2.12. The van der Waals surface area contributed by atoms with Gasteiger partial charge in [-0.1, -0.05) is 36.4 Å². The molecule has 0 saturated carbocycles. The van der Waals surface area contributed by atoms with Crippen molar-refractivity contribution in [1.82, 2.24) is 10.3 Å². The standard InChI is InChI=1S/C22H20F3N3O3S/c1-13-8-9-16(10-17(13)22(23,24)25)28-19(29)18-11-26-20(32-18)14(2)27-21(30)31-12-15-6-4-3-5-7-15/h3-11,14H,12H2,1-2H3,(H,27,30)(H,28,29)/t14-/m1/s1. The van der Waals surface area contributed by atoms with Crippen molar-refractivity contribution >= 4 is 29.0 Å². The van der Waals surface area contributed by atoms with Gasteiger partial charge in [-0.3, -0.25) is 4.79 Å². The van der Waals surface area contributed by atoms with Crippen LogP contribution in [0.1, 0.15) is 44.3 Å². The van der Waals surface area contributed by atoms with Crippen molar-refractivity contribution in [1.29, 1.82) is 0 Å². The fourth-order valence-electron chi connectivity index (χ4n) is 2.79. The third-order valence-electron chi connectivity index (χ3n) is 4.47. The molecule has 1 atom stereocenters. The number of carbonyl (C=O) groups is 2. The Morgan fingerprint density at radius 3 is 2.56 bits per heavy atom. The molecule has 0 aliphatic heterocycles. The number of hydrogen-bond donors (Lipinski definition) is 2. The fourth-order valence-corrected chi connectivity index (χ4v) is 3.61. The van der Waals surface area contributed by atoms with E-state index in [1.54, 1.807) is 6.92 Å². The van der Waals surface area contributed by atoms with Gasteiger partial charge < -0.3 is 15.4 Å². The SMILES string of the molecule is Cc1ccc(NC(=O)c2cnc([C@@H](C)NC(=O)OCc3ccccc3)s2)cc1C(F)(F)F. The molecule has 0 aliphatic carbocycles. The summed E-state index contributed by atoms with van der Waals surface area (Å²) in [7, 11) is 0. The molecule has 2 N–H and O–H groups in total. The number of thiazole rings is 1. The second kappa shape index (κ2) is 9.82. The lowest BCUT2D eigenvalue weighted by molar-refractivity contribution is -0.138. The van der Waals surface area contributed by atoms with Crippen LogP contribution in [0, 0.1) is 6.92 Å². The Labute approximate surface area is 186 Å². The zero-order valence-corrected chi connectivity index (χ0v) is 18.0. The van der Waals surface area contributed by atoms with E-state index in [0.717, 1.165) is 23.0 Å². The first-order chi connectivity index (χ1) is 15.1. The van der Waals surface area contributed by atoms with Gasteiger partial charge in [0.05, 0.1) is 17.8 Å². The summed E-state index contributed by atoms with van der Waals surface area (Å²) in [4.78, 5) is 28.8. The van der Waals surface area contributed by atoms with Crippen molar-refractivity contribution in [2.24, 2.45) is 0 Å². The molecule has 3 rings (SSSR count). The van der Waals surface area contributed by atoms with Gasteiger partial charge in [-0.15, -0.1) is 11.3 Å². The van der Waals surface area contributed by atoms with Crippen LogP contribution in [0.2, 0.25) is 0 Å². The molecule has 168 valence electrons. The molecular formula is C22H20F3N3O3S. The lowest BCUT2D eigenvalue weighted by atomic mass is 10.1. The van der Waals surface area contributed by atoms with E-state index >= 15 is 0 Å². The Bertz CT molecular complexity index is 1100. The zero-order chi connectivity index (χ0) is 23.3. The Kier molecular flexibility index (Phi) is 7.14. The average Bonchev–Trinajstić information content (AvgIpc) is 3.24. The summed E-state index contributed by atoms with van der Waals surface area (Å²) in [5, 5.41) is 5.53. The molecule has 2 aromatic carbocycles. The van der Waals surface area contributed by atoms with E-state index in [1.165, 1.54) is 25.3 Å². The second-order valence-electron chi connectivity index (χ2n) is 6.97. The fraction of sp³-hybridized carbons (Fsp3) is 0.227. The van der Waals surface area contributed by atoms with Crippen LogP contribution in [0.3, 0.4) is 0 Å². The van der Waals surface area contributed by atoms with Crippen molar-refractivity contribution in [3.8, 4) is 0 Å². The van der Waals surface area contributed by atoms with Crippen molar-refractivity contribution in [2.75, 3.05) is 5.32 Å². The number of aromatic nitrogens is 1. The molecule has 0 saturated heterocycles. The maximum absolute atomic E-state index is 13.1. The van der Waals surface area contributed by atoms with Crippen molar-refractivity contribution < 1.29 is 27.5 Å². The maximum Gasteiger partial charge on any atom is 0.416 e. The van der Waals surface area contributed by atoms with Gasteiger partial charge in [-0.05, 0) is 37.1 Å². The molecular weight excluding hydrogens is 443 g/mol. The number of hydrogen-bond acceptors (Lipinski definition) is 5. The first-order valence-electron chi connectivity index (χ1n) is 9.55. The van der Waals surface area contributed by atoms with E-state index in [2.05, 4.69) is 15.6 Å². The highest BCUT2D eigenvalue weighted by Crippen LogP contribution is 2.33. The van der Waals surface area contributed by atoms with Crippen LogP contribution in [0.25, 0.3) is 0 Å². The van der Waals surface area contributed by atoms with Gasteiger partial charge in [-0.25, -0.2) is 9.78 Å². The van der Waals surface area contributed by atoms with Gasteiger partial charge >= 0.3 is 12.3 Å². The topological polar surface area (TPSA) is 80.3 Å². The third kappa shape index (κ3) is 6.07. The molecule has 1 heterocycles. The van der Waals surface area contributed by atoms with E-state index in [0.29, 0.717) is 5.01 Å². The highest BCUT2D eigenvalue weighted by molar-refractivity contribution is 7.13. The molecule has 1 aromatic heterocycles. The number of benzene rings is 2. The smallest absolute Gasteiger partial charge is 0.416 e. The minimum absolute atomic E-state index is 0.0264. The number of aryl methyl sites for hydroxylation is 1. The summed E-state index contributed by atoms with van der Waals surface area (Å²) in [6, 6.07) is 12.2. The minimum atomic E-state index is -4.52. The number of alkyl carbamates (subject to hydrolysis) is 1. The van der Waals surface area contributed by atoms with Gasteiger partial charge in [0.25, 0.3) is 5.91 Å². The molecule has 0 bridgehead atoms. The lowest BCUT2D eigenvalue weighted by Crippen LogP contribution is -2.27. The molecule has 0 aliphatic rings. The Balaban J connectivity index is 1.58. The normalized spacial score (nSPS) is 12.2. The number of anilines is 1. The summed E-state index contributed by atoms with van der Waals surface area (Å²) in [5.74, 6) is -0.593. The van der Waals surface area contributed by atoms with E-state index in [-0.39, 0.29) is 22.7 Å². The highest BCUT2D eigenvalue weighted by atomic mass is 32.1. The molecule has 0 spiro atoms. The van der Waals surface area contributed by atoms with Crippen LogP contribution in [0.15, 0.2) is 54.7 Å². The van der Waals surface area contributed by atoms with Crippen LogP contribution >= 0.6 is 11.3 Å². The van der Waals surface area contributed by atoms with E-state index in [4.69, 9.17) is 4.74 Å². The number of rotatable bonds is 6. The van der Waals surface area contributed by atoms with E-state index in [1.807, 2.05) is 30.3 Å². The number of nitrogens with zero attached hydrogens (tertiary/aromatic N) is 1. The molecule has 0 radical (unpaired) electrons. The summed E-state index contributed by atoms with van der Waals surface area (Å²) in [5.41, 5.74) is 0.119. The van der Waals surface area contributed by atoms with Gasteiger partial charge in [-0.2, -0.15) is 13.2 Å². The van der Waals surface area contributed by atoms with Crippen LogP contribution in [-0.4, -0.2) is 17.0 Å². The molecule has 6 nitrogen and oxygen atoms in total. The Hall–Kier alpha value is -3.40. The van der Waals surface area contributed by atoms with Crippen LogP contribution < -0.4 is 10.6 Å². The Morgan fingerprint density at radius 1 is 1.16 bits per heavy atom. The largest absolute Gasteiger partial charge is 0.445 e. The van der Waals surface area contributed by atoms with Crippen molar-refractivity contribution in [3.05, 3.63) is 81.3 Å². The predicted molar refractivity (Wildman–Crippen MR) is 114 cm³/mol. The van der Waals surface area contributed by atoms with Crippen LogP contribution in [-0.2, 0) is 17.5 Å². The predicted octanol–water partition coefficient (Wildman–Crippen LogP) is 5.71. The van der Waals surface area contributed by atoms with E-state index < -0.39 is 29.8 Å². The number of ether oxygens (including phenoxy) is 1. The summed E-state index contributed by atoms with van der Waals surface area (Å²) < 4.78 is 44.4. The number of halogens is 3. The van der Waals surface area contributed by atoms with Gasteiger partial charge in [0, 0.05) is 5.69 Å². The molecule has 3 aromatic rings. The zero-order valence-electron chi connectivity index (χ0n) is 17.2. The number of alkyl halides is 3. The Morgan fingerprint density at radius 2 is 1.88 bits per heavy atom. The quantitative estimate of drug-likeness (QED) is 0.491. The van der Waals surface area contributed by atoms with Crippen molar-refractivity contribution in [3.63, 3.8) is 0 Å². The van der Waals surface area contributed by atoms with Crippen LogP contribution in [0.5, 0.6) is 0 Å². The summed E-state index contributed by atoms with van der Waals surface area (Å²) in [6.07, 6.45) is -3.85.